The minimum absolute atomic E-state index is 0.148. The number of methoxy groups -OCH3 is 1. The first-order valence-electron chi connectivity index (χ1n) is 19.0. The summed E-state index contributed by atoms with van der Waals surface area (Å²) in [5.41, 5.74) is 4.90. The zero-order valence-electron chi connectivity index (χ0n) is 29.7. The first-order chi connectivity index (χ1) is 24.0. The third-order valence-electron chi connectivity index (χ3n) is 11.9. The number of hydrogen-bond donors (Lipinski definition) is 3. The second kappa shape index (κ2) is 16.2. The molecule has 0 bridgehead atoms. The number of hydrogen-bond acceptors (Lipinski definition) is 4. The maximum atomic E-state index is 12.3. The molecule has 3 N–H and O–H groups in total. The number of phenols is 3. The van der Waals surface area contributed by atoms with Crippen LogP contribution in [0.15, 0.2) is 84.9 Å². The lowest BCUT2D eigenvalue weighted by Crippen LogP contribution is -2.39. The Morgan fingerprint density at radius 1 is 0.510 bits per heavy atom. The Morgan fingerprint density at radius 2 is 0.959 bits per heavy atom. The van der Waals surface area contributed by atoms with E-state index in [0.29, 0.717) is 23.3 Å². The van der Waals surface area contributed by atoms with Gasteiger partial charge in [0, 0.05) is 16.7 Å². The highest BCUT2D eigenvalue weighted by Crippen LogP contribution is 2.58. The zero-order valence-corrected chi connectivity index (χ0v) is 29.7. The normalized spacial score (nSPS) is 18.0. The van der Waals surface area contributed by atoms with Gasteiger partial charge in [-0.3, -0.25) is 0 Å². The molecule has 3 fully saturated rings. The lowest BCUT2D eigenvalue weighted by molar-refractivity contribution is 0.254. The molecule has 4 aromatic rings. The standard InChI is InChI=1S/C37H46O3.C8H10O/c38-34-25-11-10-22-31(34)37(28-18-8-3-9-19-28,32-23-12-20-29(35(32)39)26-14-4-1-5-15-26)33-24-13-21-30(36(33)40)27-16-6-2-7-17-27;1-7-5-3-4-6-8(7)9-2/h10-13,20-28,38-40H,1-9,14-19H2;3-6H,1-2H3. The number of para-hydroxylation sites is 4. The predicted molar refractivity (Wildman–Crippen MR) is 200 cm³/mol. The molecule has 0 unspecified atom stereocenters. The Bertz CT molecular complexity index is 1590. The molecule has 260 valence electrons. The Labute approximate surface area is 294 Å². The van der Waals surface area contributed by atoms with E-state index in [0.717, 1.165) is 84.9 Å². The molecule has 3 saturated carbocycles. The minimum Gasteiger partial charge on any atom is -0.508 e. The molecule has 49 heavy (non-hydrogen) atoms. The van der Waals surface area contributed by atoms with Gasteiger partial charge in [-0.15, -0.1) is 0 Å². The van der Waals surface area contributed by atoms with Crippen molar-refractivity contribution in [3.63, 3.8) is 0 Å². The van der Waals surface area contributed by atoms with Gasteiger partial charge in [-0.1, -0.05) is 131 Å². The largest absolute Gasteiger partial charge is 0.508 e. The van der Waals surface area contributed by atoms with Gasteiger partial charge in [-0.25, -0.2) is 0 Å². The van der Waals surface area contributed by atoms with Crippen molar-refractivity contribution < 1.29 is 20.1 Å². The number of phenolic OH excluding ortho intramolecular Hbond substituents is 3. The number of aromatic hydroxyl groups is 3. The summed E-state index contributed by atoms with van der Waals surface area (Å²) in [5, 5.41) is 36.1. The first kappa shape index (κ1) is 34.9. The fraction of sp³-hybridized carbons (Fsp3) is 0.467. The number of rotatable bonds is 7. The highest BCUT2D eigenvalue weighted by molar-refractivity contribution is 5.65. The van der Waals surface area contributed by atoms with Crippen molar-refractivity contribution in [2.24, 2.45) is 5.92 Å². The van der Waals surface area contributed by atoms with Gasteiger partial charge in [-0.2, -0.15) is 0 Å². The summed E-state index contributed by atoms with van der Waals surface area (Å²) < 4.78 is 5.04. The Balaban J connectivity index is 0.000000403. The summed E-state index contributed by atoms with van der Waals surface area (Å²) in [6, 6.07) is 28.2. The summed E-state index contributed by atoms with van der Waals surface area (Å²) in [6.45, 7) is 2.03. The van der Waals surface area contributed by atoms with Crippen LogP contribution in [0.2, 0.25) is 0 Å². The van der Waals surface area contributed by atoms with Crippen LogP contribution in [-0.2, 0) is 5.41 Å². The lowest BCUT2D eigenvalue weighted by atomic mass is 9.57. The summed E-state index contributed by atoms with van der Waals surface area (Å²) in [7, 11) is 1.68. The van der Waals surface area contributed by atoms with Crippen molar-refractivity contribution in [3.05, 3.63) is 118 Å². The quantitative estimate of drug-likeness (QED) is 0.173. The summed E-state index contributed by atoms with van der Waals surface area (Å²) in [4.78, 5) is 0. The molecule has 0 aliphatic heterocycles. The highest BCUT2D eigenvalue weighted by atomic mass is 16.5. The van der Waals surface area contributed by atoms with E-state index in [4.69, 9.17) is 4.74 Å². The molecule has 0 spiro atoms. The molecular formula is C45H56O4. The van der Waals surface area contributed by atoms with Crippen LogP contribution in [0.1, 0.15) is 142 Å². The molecule has 4 aromatic carbocycles. The molecule has 4 heteroatoms. The topological polar surface area (TPSA) is 69.9 Å². The van der Waals surface area contributed by atoms with Gasteiger partial charge in [0.15, 0.2) is 0 Å². The van der Waals surface area contributed by atoms with Gasteiger partial charge in [-0.05, 0) is 92.0 Å². The van der Waals surface area contributed by atoms with E-state index in [1.54, 1.807) is 13.2 Å². The Kier molecular flexibility index (Phi) is 11.5. The van der Waals surface area contributed by atoms with Gasteiger partial charge in [0.1, 0.15) is 23.0 Å². The fourth-order valence-electron chi connectivity index (χ4n) is 9.47. The molecule has 7 rings (SSSR count). The monoisotopic (exact) mass is 660 g/mol. The minimum atomic E-state index is -0.852. The van der Waals surface area contributed by atoms with Crippen LogP contribution < -0.4 is 4.74 Å². The van der Waals surface area contributed by atoms with Crippen LogP contribution in [0.4, 0.5) is 0 Å². The summed E-state index contributed by atoms with van der Waals surface area (Å²) in [6.07, 6.45) is 17.2. The van der Waals surface area contributed by atoms with Crippen molar-refractivity contribution >= 4 is 0 Å². The van der Waals surface area contributed by atoms with Gasteiger partial charge >= 0.3 is 0 Å². The van der Waals surface area contributed by atoms with Crippen LogP contribution in [0, 0.1) is 12.8 Å². The third kappa shape index (κ3) is 7.21. The van der Waals surface area contributed by atoms with Crippen LogP contribution in [-0.4, -0.2) is 22.4 Å². The smallest absolute Gasteiger partial charge is 0.123 e. The Morgan fingerprint density at radius 3 is 1.43 bits per heavy atom. The number of benzene rings is 4. The average Bonchev–Trinajstić information content (AvgIpc) is 3.15. The van der Waals surface area contributed by atoms with Crippen LogP contribution in [0.3, 0.4) is 0 Å². The molecule has 0 amide bonds. The number of ether oxygens (including phenoxy) is 1. The van der Waals surface area contributed by atoms with Crippen molar-refractivity contribution in [2.75, 3.05) is 7.11 Å². The van der Waals surface area contributed by atoms with Crippen molar-refractivity contribution in [3.8, 4) is 23.0 Å². The van der Waals surface area contributed by atoms with E-state index in [9.17, 15) is 15.3 Å². The SMILES string of the molecule is COc1ccccc1C.Oc1ccccc1C(c1cccc(C2CCCCC2)c1O)(c1cccc(C2CCCCC2)c1O)C1CCCCC1. The second-order valence-corrected chi connectivity index (χ2v) is 14.8. The van der Waals surface area contributed by atoms with E-state index >= 15 is 0 Å². The maximum absolute atomic E-state index is 12.3. The van der Waals surface area contributed by atoms with Crippen molar-refractivity contribution in [1.29, 1.82) is 0 Å². The molecule has 3 aliphatic carbocycles. The van der Waals surface area contributed by atoms with Gasteiger partial charge in [0.05, 0.1) is 12.5 Å². The second-order valence-electron chi connectivity index (χ2n) is 14.8. The first-order valence-corrected chi connectivity index (χ1v) is 19.0. The summed E-state index contributed by atoms with van der Waals surface area (Å²) >= 11 is 0. The van der Waals surface area contributed by atoms with E-state index in [2.05, 4.69) is 36.4 Å². The van der Waals surface area contributed by atoms with Gasteiger partial charge in [0.25, 0.3) is 0 Å². The predicted octanol–water partition coefficient (Wildman–Crippen LogP) is 11.8. The van der Waals surface area contributed by atoms with Crippen molar-refractivity contribution in [1.82, 2.24) is 0 Å². The lowest BCUT2D eigenvalue weighted by Gasteiger charge is -2.46. The van der Waals surface area contributed by atoms with Crippen molar-refractivity contribution in [2.45, 2.75) is 120 Å². The Hall–Kier alpha value is -3.92. The van der Waals surface area contributed by atoms with Crippen LogP contribution >= 0.6 is 0 Å². The summed E-state index contributed by atoms with van der Waals surface area (Å²) in [5.74, 6) is 2.77. The van der Waals surface area contributed by atoms with E-state index in [1.165, 1.54) is 50.5 Å². The molecule has 0 radical (unpaired) electrons. The number of aryl methyl sites for hydroxylation is 1. The van der Waals surface area contributed by atoms with E-state index in [-0.39, 0.29) is 11.7 Å². The molecule has 4 nitrogen and oxygen atoms in total. The fourth-order valence-corrected chi connectivity index (χ4v) is 9.47. The zero-order chi connectivity index (χ0) is 34.2. The third-order valence-corrected chi connectivity index (χ3v) is 11.9. The van der Waals surface area contributed by atoms with E-state index < -0.39 is 5.41 Å². The molecule has 0 atom stereocenters. The highest BCUT2D eigenvalue weighted by Gasteiger charge is 2.49. The maximum Gasteiger partial charge on any atom is 0.123 e. The average molecular weight is 661 g/mol. The van der Waals surface area contributed by atoms with Gasteiger partial charge < -0.3 is 20.1 Å². The van der Waals surface area contributed by atoms with Crippen LogP contribution in [0.5, 0.6) is 23.0 Å². The molecule has 0 heterocycles. The molecule has 0 saturated heterocycles. The van der Waals surface area contributed by atoms with E-state index in [1.807, 2.05) is 49.4 Å². The van der Waals surface area contributed by atoms with Crippen LogP contribution in [0.25, 0.3) is 0 Å². The molecule has 0 aromatic heterocycles. The molecular weight excluding hydrogens is 604 g/mol. The molecule has 3 aliphatic rings. The van der Waals surface area contributed by atoms with Gasteiger partial charge in [0.2, 0.25) is 0 Å².